The van der Waals surface area contributed by atoms with Crippen LogP contribution in [-0.4, -0.2) is 54.0 Å². The topological polar surface area (TPSA) is 49.6 Å². The van der Waals surface area contributed by atoms with Gasteiger partial charge in [0.15, 0.2) is 0 Å². The third kappa shape index (κ3) is 2.55. The van der Waals surface area contributed by atoms with E-state index < -0.39 is 0 Å². The van der Waals surface area contributed by atoms with Gasteiger partial charge in [-0.2, -0.15) is 0 Å². The summed E-state index contributed by atoms with van der Waals surface area (Å²) in [6.45, 7) is 6.15. The van der Waals surface area contributed by atoms with Gasteiger partial charge in [0, 0.05) is 19.1 Å². The van der Waals surface area contributed by atoms with Gasteiger partial charge in [0.1, 0.15) is 0 Å². The van der Waals surface area contributed by atoms with E-state index in [1.165, 1.54) is 25.9 Å². The molecular weight excluding hydrogens is 202 g/mol. The quantitative estimate of drug-likeness (QED) is 0.757. The summed E-state index contributed by atoms with van der Waals surface area (Å²) in [6.07, 6.45) is 4.91. The van der Waals surface area contributed by atoms with E-state index in [0.717, 1.165) is 25.9 Å². The Morgan fingerprint density at radius 2 is 2.00 bits per heavy atom. The summed E-state index contributed by atoms with van der Waals surface area (Å²) in [6, 6.07) is 0.0655. The van der Waals surface area contributed by atoms with Crippen molar-refractivity contribution in [3.05, 3.63) is 0 Å². The van der Waals surface area contributed by atoms with Gasteiger partial charge in [-0.1, -0.05) is 0 Å². The number of carbonyl (C=O) groups is 1. The lowest BCUT2D eigenvalue weighted by Crippen LogP contribution is -2.48. The first-order chi connectivity index (χ1) is 7.68. The number of rotatable bonds is 3. The Hall–Kier alpha value is -0.610. The number of likely N-dealkylation sites (tertiary alicyclic amines) is 2. The molecule has 2 atom stereocenters. The van der Waals surface area contributed by atoms with Gasteiger partial charge in [0.2, 0.25) is 5.91 Å². The fourth-order valence-corrected chi connectivity index (χ4v) is 2.84. The smallest absolute Gasteiger partial charge is 0.239 e. The monoisotopic (exact) mass is 225 g/mol. The zero-order valence-electron chi connectivity index (χ0n) is 10.2. The predicted molar refractivity (Wildman–Crippen MR) is 64.1 cm³/mol. The van der Waals surface area contributed by atoms with E-state index in [0.29, 0.717) is 6.04 Å². The average molecular weight is 225 g/mol. The fourth-order valence-electron chi connectivity index (χ4n) is 2.84. The van der Waals surface area contributed by atoms with Crippen molar-refractivity contribution in [1.82, 2.24) is 9.80 Å². The van der Waals surface area contributed by atoms with Crippen LogP contribution < -0.4 is 5.73 Å². The summed E-state index contributed by atoms with van der Waals surface area (Å²) in [5, 5.41) is 0. The Morgan fingerprint density at radius 1 is 1.31 bits per heavy atom. The molecule has 92 valence electrons. The Labute approximate surface area is 97.8 Å². The molecule has 0 radical (unpaired) electrons. The average Bonchev–Trinajstić information content (AvgIpc) is 2.88. The number of nitrogens with zero attached hydrogens (tertiary/aromatic N) is 2. The Balaban J connectivity index is 1.89. The van der Waals surface area contributed by atoms with Crippen LogP contribution in [0.15, 0.2) is 0 Å². The third-order valence-corrected chi connectivity index (χ3v) is 3.72. The van der Waals surface area contributed by atoms with Crippen molar-refractivity contribution in [3.8, 4) is 0 Å². The van der Waals surface area contributed by atoms with Gasteiger partial charge in [0.25, 0.3) is 0 Å². The molecule has 1 amide bonds. The summed E-state index contributed by atoms with van der Waals surface area (Å²) >= 11 is 0. The Bertz CT molecular complexity index is 249. The van der Waals surface area contributed by atoms with E-state index >= 15 is 0 Å². The van der Waals surface area contributed by atoms with Gasteiger partial charge in [-0.25, -0.2) is 0 Å². The largest absolute Gasteiger partial charge is 0.337 e. The van der Waals surface area contributed by atoms with Crippen LogP contribution in [0.1, 0.15) is 32.6 Å². The van der Waals surface area contributed by atoms with E-state index in [2.05, 4.69) is 4.90 Å². The molecule has 2 rings (SSSR count). The third-order valence-electron chi connectivity index (χ3n) is 3.72. The minimum atomic E-state index is -0.348. The second kappa shape index (κ2) is 5.15. The van der Waals surface area contributed by atoms with Crippen LogP contribution >= 0.6 is 0 Å². The van der Waals surface area contributed by atoms with Crippen LogP contribution in [0.5, 0.6) is 0 Å². The second-order valence-electron chi connectivity index (χ2n) is 5.12. The maximum absolute atomic E-state index is 11.9. The highest BCUT2D eigenvalue weighted by atomic mass is 16.2. The zero-order chi connectivity index (χ0) is 11.5. The van der Waals surface area contributed by atoms with Crippen LogP contribution in [0.4, 0.5) is 0 Å². The molecule has 16 heavy (non-hydrogen) atoms. The second-order valence-corrected chi connectivity index (χ2v) is 5.12. The van der Waals surface area contributed by atoms with Crippen LogP contribution in [0.2, 0.25) is 0 Å². The molecule has 2 aliphatic rings. The number of amides is 1. The summed E-state index contributed by atoms with van der Waals surface area (Å²) in [5.74, 6) is 0.127. The Morgan fingerprint density at radius 3 is 2.62 bits per heavy atom. The summed E-state index contributed by atoms with van der Waals surface area (Å²) in [7, 11) is 0. The van der Waals surface area contributed by atoms with Gasteiger partial charge in [-0.05, 0) is 45.7 Å². The number of hydrogen-bond donors (Lipinski definition) is 1. The molecule has 0 spiro atoms. The number of carbonyl (C=O) groups excluding carboxylic acids is 1. The SMILES string of the molecule is CC(N)C(=O)N1CCCC1CN1CCCC1. The highest BCUT2D eigenvalue weighted by molar-refractivity contribution is 5.81. The first-order valence-corrected chi connectivity index (χ1v) is 6.47. The molecule has 2 aliphatic heterocycles. The van der Waals surface area contributed by atoms with E-state index in [-0.39, 0.29) is 11.9 Å². The van der Waals surface area contributed by atoms with Crippen molar-refractivity contribution in [2.75, 3.05) is 26.2 Å². The summed E-state index contributed by atoms with van der Waals surface area (Å²) in [5.41, 5.74) is 5.68. The summed E-state index contributed by atoms with van der Waals surface area (Å²) < 4.78 is 0. The van der Waals surface area contributed by atoms with E-state index in [9.17, 15) is 4.79 Å². The molecule has 0 aliphatic carbocycles. The zero-order valence-corrected chi connectivity index (χ0v) is 10.2. The van der Waals surface area contributed by atoms with Crippen LogP contribution in [0, 0.1) is 0 Å². The van der Waals surface area contributed by atoms with Crippen molar-refractivity contribution in [3.63, 3.8) is 0 Å². The van der Waals surface area contributed by atoms with Gasteiger partial charge in [0.05, 0.1) is 6.04 Å². The van der Waals surface area contributed by atoms with Gasteiger partial charge in [-0.15, -0.1) is 0 Å². The molecule has 0 bridgehead atoms. The van der Waals surface area contributed by atoms with Crippen molar-refractivity contribution >= 4 is 5.91 Å². The standard InChI is InChI=1S/C12H23N3O/c1-10(13)12(16)15-8-4-5-11(15)9-14-6-2-3-7-14/h10-11H,2-9,13H2,1H3. The maximum Gasteiger partial charge on any atom is 0.239 e. The molecule has 4 nitrogen and oxygen atoms in total. The lowest BCUT2D eigenvalue weighted by molar-refractivity contribution is -0.133. The number of hydrogen-bond acceptors (Lipinski definition) is 3. The van der Waals surface area contributed by atoms with Crippen molar-refractivity contribution in [2.24, 2.45) is 5.73 Å². The first-order valence-electron chi connectivity index (χ1n) is 6.47. The Kier molecular flexibility index (Phi) is 3.82. The molecule has 2 N–H and O–H groups in total. The van der Waals surface area contributed by atoms with Crippen LogP contribution in [0.3, 0.4) is 0 Å². The molecule has 2 unspecified atom stereocenters. The van der Waals surface area contributed by atoms with E-state index in [4.69, 9.17) is 5.73 Å². The highest BCUT2D eigenvalue weighted by Crippen LogP contribution is 2.20. The molecule has 2 heterocycles. The van der Waals surface area contributed by atoms with Crippen molar-refractivity contribution in [1.29, 1.82) is 0 Å². The minimum absolute atomic E-state index is 0.127. The highest BCUT2D eigenvalue weighted by Gasteiger charge is 2.31. The van der Waals surface area contributed by atoms with Crippen molar-refractivity contribution < 1.29 is 4.79 Å². The van der Waals surface area contributed by atoms with E-state index in [1.807, 2.05) is 4.90 Å². The van der Waals surface area contributed by atoms with Crippen molar-refractivity contribution in [2.45, 2.75) is 44.7 Å². The summed E-state index contributed by atoms with van der Waals surface area (Å²) in [4.78, 5) is 16.4. The molecule has 2 saturated heterocycles. The molecule has 4 heteroatoms. The molecule has 0 aromatic heterocycles. The first kappa shape index (κ1) is 11.9. The normalized spacial score (nSPS) is 28.6. The maximum atomic E-state index is 11.9. The van der Waals surface area contributed by atoms with E-state index in [1.54, 1.807) is 6.92 Å². The molecular formula is C12H23N3O. The predicted octanol–water partition coefficient (Wildman–Crippen LogP) is 0.420. The van der Waals surface area contributed by atoms with Crippen LogP contribution in [0.25, 0.3) is 0 Å². The fraction of sp³-hybridized carbons (Fsp3) is 0.917. The molecule has 0 aromatic carbocycles. The molecule has 0 saturated carbocycles. The minimum Gasteiger partial charge on any atom is -0.337 e. The van der Waals surface area contributed by atoms with Crippen LogP contribution in [-0.2, 0) is 4.79 Å². The molecule has 2 fully saturated rings. The number of nitrogens with two attached hydrogens (primary N) is 1. The van der Waals surface area contributed by atoms with Gasteiger partial charge in [-0.3, -0.25) is 4.79 Å². The lowest BCUT2D eigenvalue weighted by Gasteiger charge is -2.29. The van der Waals surface area contributed by atoms with Gasteiger partial charge < -0.3 is 15.5 Å². The molecule has 0 aromatic rings. The van der Waals surface area contributed by atoms with Gasteiger partial charge >= 0.3 is 0 Å². The lowest BCUT2D eigenvalue weighted by atomic mass is 10.2.